The molecule has 0 saturated carbocycles. The van der Waals surface area contributed by atoms with Gasteiger partial charge in [-0.05, 0) is 30.7 Å². The Morgan fingerprint density at radius 2 is 1.62 bits per heavy atom. The maximum absolute atomic E-state index is 12.9. The molecule has 2 heterocycles. The minimum Gasteiger partial charge on any atom is -0.507 e. The van der Waals surface area contributed by atoms with Crippen molar-refractivity contribution in [2.45, 2.75) is 13.0 Å². The molecule has 1 aliphatic heterocycles. The number of benzene rings is 2. The van der Waals surface area contributed by atoms with E-state index in [1.807, 2.05) is 19.1 Å². The number of carbonyl (C=O) groups excluding carboxylic acids is 2. The highest BCUT2D eigenvalue weighted by atomic mass is 35.5. The van der Waals surface area contributed by atoms with Crippen molar-refractivity contribution in [3.63, 3.8) is 0 Å². The molecule has 0 bridgehead atoms. The van der Waals surface area contributed by atoms with E-state index in [0.717, 1.165) is 5.56 Å². The predicted molar refractivity (Wildman–Crippen MR) is 109 cm³/mol. The lowest BCUT2D eigenvalue weighted by molar-refractivity contribution is -0.132. The van der Waals surface area contributed by atoms with Gasteiger partial charge in [0.1, 0.15) is 5.76 Å². The van der Waals surface area contributed by atoms with Crippen molar-refractivity contribution in [1.82, 2.24) is 9.97 Å². The zero-order chi connectivity index (χ0) is 20.5. The summed E-state index contributed by atoms with van der Waals surface area (Å²) in [6, 6.07) is 14.5. The average molecular weight is 406 g/mol. The van der Waals surface area contributed by atoms with E-state index in [1.165, 1.54) is 17.3 Å². The van der Waals surface area contributed by atoms with Crippen molar-refractivity contribution in [3.05, 3.63) is 94.3 Å². The number of anilines is 1. The van der Waals surface area contributed by atoms with Gasteiger partial charge in [0.25, 0.3) is 5.78 Å². The zero-order valence-electron chi connectivity index (χ0n) is 15.4. The van der Waals surface area contributed by atoms with Crippen LogP contribution in [0.25, 0.3) is 5.76 Å². The number of Topliss-reactive ketones (excluding diaryl/α,β-unsaturated/α-hetero) is 1. The first-order chi connectivity index (χ1) is 14.0. The van der Waals surface area contributed by atoms with E-state index in [0.29, 0.717) is 16.1 Å². The molecule has 1 saturated heterocycles. The predicted octanol–water partition coefficient (Wildman–Crippen LogP) is 4.06. The summed E-state index contributed by atoms with van der Waals surface area (Å²) in [5, 5.41) is 11.5. The first kappa shape index (κ1) is 18.8. The van der Waals surface area contributed by atoms with Gasteiger partial charge in [0, 0.05) is 23.0 Å². The molecule has 1 amide bonds. The van der Waals surface area contributed by atoms with Gasteiger partial charge in [-0.15, -0.1) is 0 Å². The largest absolute Gasteiger partial charge is 0.507 e. The van der Waals surface area contributed by atoms with E-state index in [1.54, 1.807) is 42.5 Å². The summed E-state index contributed by atoms with van der Waals surface area (Å²) >= 11 is 6.01. The number of aryl methyl sites for hydroxylation is 1. The third kappa shape index (κ3) is 3.39. The Hall–Kier alpha value is -3.51. The molecule has 3 aromatic rings. The molecule has 7 heteroatoms. The second-order valence-electron chi connectivity index (χ2n) is 6.64. The lowest BCUT2D eigenvalue weighted by atomic mass is 9.95. The number of amides is 1. The molecule has 0 spiro atoms. The molecule has 1 aliphatic rings. The van der Waals surface area contributed by atoms with Gasteiger partial charge >= 0.3 is 5.91 Å². The molecule has 2 aromatic carbocycles. The standard InChI is InChI=1S/C22H16ClN3O3/c1-13-3-5-15(6-4-13)19(27)17-18(14-7-9-16(23)10-8-14)26(21(29)20(17)28)22-24-11-2-12-25-22/h2-12,18,27H,1H3. The third-order valence-electron chi connectivity index (χ3n) is 4.72. The average Bonchev–Trinajstić information content (AvgIpc) is 3.00. The Labute approximate surface area is 172 Å². The quantitative estimate of drug-likeness (QED) is 0.403. The number of hydrogen-bond acceptors (Lipinski definition) is 5. The van der Waals surface area contributed by atoms with Gasteiger partial charge in [-0.25, -0.2) is 9.97 Å². The summed E-state index contributed by atoms with van der Waals surface area (Å²) in [7, 11) is 0. The van der Waals surface area contributed by atoms with Crippen LogP contribution in [0.5, 0.6) is 0 Å². The fourth-order valence-corrected chi connectivity index (χ4v) is 3.41. The molecule has 1 fully saturated rings. The molecule has 4 rings (SSSR count). The third-order valence-corrected chi connectivity index (χ3v) is 4.97. The molecule has 0 aliphatic carbocycles. The number of aliphatic hydroxyl groups is 1. The number of hydrogen-bond donors (Lipinski definition) is 1. The van der Waals surface area contributed by atoms with Crippen LogP contribution < -0.4 is 4.90 Å². The Balaban J connectivity index is 1.94. The van der Waals surface area contributed by atoms with Gasteiger partial charge in [-0.3, -0.25) is 14.5 Å². The Bertz CT molecular complexity index is 1110. The van der Waals surface area contributed by atoms with Crippen molar-refractivity contribution in [2.24, 2.45) is 0 Å². The summed E-state index contributed by atoms with van der Waals surface area (Å²) in [5.41, 5.74) is 2.04. The number of ketones is 1. The second kappa shape index (κ2) is 7.48. The number of halogens is 1. The fourth-order valence-electron chi connectivity index (χ4n) is 3.28. The summed E-state index contributed by atoms with van der Waals surface area (Å²) in [5.74, 6) is -1.76. The van der Waals surface area contributed by atoms with Gasteiger partial charge < -0.3 is 5.11 Å². The monoisotopic (exact) mass is 405 g/mol. The summed E-state index contributed by atoms with van der Waals surface area (Å²) in [6.45, 7) is 1.92. The van der Waals surface area contributed by atoms with E-state index >= 15 is 0 Å². The SMILES string of the molecule is Cc1ccc(C(O)=C2C(=O)C(=O)N(c3ncccn3)C2c2ccc(Cl)cc2)cc1. The van der Waals surface area contributed by atoms with Crippen molar-refractivity contribution in [2.75, 3.05) is 4.90 Å². The van der Waals surface area contributed by atoms with Crippen LogP contribution in [0.1, 0.15) is 22.7 Å². The Morgan fingerprint density at radius 3 is 2.24 bits per heavy atom. The van der Waals surface area contributed by atoms with Gasteiger partial charge in [0.05, 0.1) is 11.6 Å². The first-order valence-corrected chi connectivity index (χ1v) is 9.25. The van der Waals surface area contributed by atoms with Crippen LogP contribution in [0.2, 0.25) is 5.02 Å². The molecule has 1 atom stereocenters. The van der Waals surface area contributed by atoms with Crippen molar-refractivity contribution >= 4 is 35.0 Å². The maximum Gasteiger partial charge on any atom is 0.302 e. The minimum absolute atomic E-state index is 0.0198. The first-order valence-electron chi connectivity index (χ1n) is 8.88. The topological polar surface area (TPSA) is 83.4 Å². The van der Waals surface area contributed by atoms with Gasteiger partial charge in [0.15, 0.2) is 0 Å². The van der Waals surface area contributed by atoms with E-state index in [-0.39, 0.29) is 17.3 Å². The number of carbonyl (C=O) groups is 2. The molecule has 29 heavy (non-hydrogen) atoms. The van der Waals surface area contributed by atoms with E-state index in [9.17, 15) is 14.7 Å². The lowest BCUT2D eigenvalue weighted by Gasteiger charge is -2.23. The number of aromatic nitrogens is 2. The Kier molecular flexibility index (Phi) is 4.86. The second-order valence-corrected chi connectivity index (χ2v) is 7.07. The molecule has 1 N–H and O–H groups in total. The Morgan fingerprint density at radius 1 is 1.00 bits per heavy atom. The van der Waals surface area contributed by atoms with Crippen molar-refractivity contribution < 1.29 is 14.7 Å². The molecule has 0 radical (unpaired) electrons. The van der Waals surface area contributed by atoms with Crippen LogP contribution in [0, 0.1) is 6.92 Å². The number of rotatable bonds is 3. The molecule has 1 aromatic heterocycles. The van der Waals surface area contributed by atoms with E-state index in [4.69, 9.17) is 11.6 Å². The zero-order valence-corrected chi connectivity index (χ0v) is 16.2. The normalized spacial score (nSPS) is 18.3. The lowest BCUT2D eigenvalue weighted by Crippen LogP contribution is -2.31. The highest BCUT2D eigenvalue weighted by Crippen LogP contribution is 2.41. The number of aliphatic hydroxyl groups excluding tert-OH is 1. The van der Waals surface area contributed by atoms with Crippen LogP contribution in [-0.4, -0.2) is 26.8 Å². The van der Waals surface area contributed by atoms with Gasteiger partial charge in [0.2, 0.25) is 5.95 Å². The summed E-state index contributed by atoms with van der Waals surface area (Å²) in [4.78, 5) is 35.3. The summed E-state index contributed by atoms with van der Waals surface area (Å²) in [6.07, 6.45) is 2.97. The van der Waals surface area contributed by atoms with E-state index < -0.39 is 17.7 Å². The van der Waals surface area contributed by atoms with Crippen LogP contribution in [0.15, 0.2) is 72.6 Å². The molecular formula is C22H16ClN3O3. The van der Waals surface area contributed by atoms with Crippen LogP contribution in [-0.2, 0) is 9.59 Å². The highest BCUT2D eigenvalue weighted by Gasteiger charge is 2.48. The highest BCUT2D eigenvalue weighted by molar-refractivity contribution is 6.51. The number of nitrogens with zero attached hydrogens (tertiary/aromatic N) is 3. The van der Waals surface area contributed by atoms with Crippen molar-refractivity contribution in [1.29, 1.82) is 0 Å². The molecule has 144 valence electrons. The van der Waals surface area contributed by atoms with Gasteiger partial charge in [-0.2, -0.15) is 0 Å². The van der Waals surface area contributed by atoms with Crippen LogP contribution in [0.4, 0.5) is 5.95 Å². The molecule has 6 nitrogen and oxygen atoms in total. The maximum atomic E-state index is 12.9. The van der Waals surface area contributed by atoms with Crippen molar-refractivity contribution in [3.8, 4) is 0 Å². The van der Waals surface area contributed by atoms with Crippen LogP contribution >= 0.6 is 11.6 Å². The smallest absolute Gasteiger partial charge is 0.302 e. The minimum atomic E-state index is -0.879. The van der Waals surface area contributed by atoms with E-state index in [2.05, 4.69) is 9.97 Å². The summed E-state index contributed by atoms with van der Waals surface area (Å²) < 4.78 is 0. The molecule has 1 unspecified atom stereocenters. The molecular weight excluding hydrogens is 390 g/mol. The van der Waals surface area contributed by atoms with Gasteiger partial charge in [-0.1, -0.05) is 53.6 Å². The van der Waals surface area contributed by atoms with Crippen LogP contribution in [0.3, 0.4) is 0 Å². The fraction of sp³-hybridized carbons (Fsp3) is 0.0909.